The average Bonchev–Trinajstić information content (AvgIpc) is 2.82. The molecule has 0 atom stereocenters. The second kappa shape index (κ2) is 5.63. The van der Waals surface area contributed by atoms with Crippen LogP contribution in [0.5, 0.6) is 0 Å². The van der Waals surface area contributed by atoms with Crippen LogP contribution in [0.4, 0.5) is 0 Å². The molecular formula is C13H22N2O2. The zero-order valence-electron chi connectivity index (χ0n) is 10.7. The summed E-state index contributed by atoms with van der Waals surface area (Å²) < 4.78 is 0. The maximum atomic E-state index is 12.2. The fraction of sp³-hybridized carbons (Fsp3) is 0.846. The molecule has 4 heteroatoms. The Hall–Kier alpha value is -0.900. The minimum absolute atomic E-state index is 0.209. The van der Waals surface area contributed by atoms with Crippen LogP contribution in [0.3, 0.4) is 0 Å². The van der Waals surface area contributed by atoms with Crippen LogP contribution >= 0.6 is 0 Å². The molecule has 0 N–H and O–H groups in total. The van der Waals surface area contributed by atoms with Crippen LogP contribution in [0.25, 0.3) is 0 Å². The third-order valence-electron chi connectivity index (χ3n) is 3.83. The highest BCUT2D eigenvalue weighted by Crippen LogP contribution is 2.26. The van der Waals surface area contributed by atoms with E-state index in [4.69, 9.17) is 0 Å². The molecule has 2 aliphatic rings. The van der Waals surface area contributed by atoms with E-state index in [-0.39, 0.29) is 11.7 Å². The number of piperazine rings is 1. The van der Waals surface area contributed by atoms with Crippen molar-refractivity contribution in [3.8, 4) is 0 Å². The van der Waals surface area contributed by atoms with Crippen molar-refractivity contribution in [3.63, 3.8) is 0 Å². The molecule has 2 rings (SSSR count). The number of nitrogens with zero attached hydrogens (tertiary/aromatic N) is 2. The van der Waals surface area contributed by atoms with Crippen molar-refractivity contribution in [2.75, 3.05) is 32.7 Å². The predicted octanol–water partition coefficient (Wildman–Crippen LogP) is 0.910. The monoisotopic (exact) mass is 238 g/mol. The van der Waals surface area contributed by atoms with Crippen molar-refractivity contribution in [3.05, 3.63) is 0 Å². The smallest absolute Gasteiger partial charge is 0.225 e. The highest BCUT2D eigenvalue weighted by atomic mass is 16.2. The maximum absolute atomic E-state index is 12.2. The third-order valence-corrected chi connectivity index (χ3v) is 3.83. The summed E-state index contributed by atoms with van der Waals surface area (Å²) in [4.78, 5) is 27.3. The Morgan fingerprint density at radius 2 is 1.65 bits per heavy atom. The lowest BCUT2D eigenvalue weighted by molar-refractivity contribution is -0.137. The molecule has 17 heavy (non-hydrogen) atoms. The van der Waals surface area contributed by atoms with Crippen molar-refractivity contribution in [2.24, 2.45) is 5.92 Å². The number of carbonyl (C=O) groups is 2. The van der Waals surface area contributed by atoms with E-state index in [1.54, 1.807) is 6.92 Å². The van der Waals surface area contributed by atoms with Gasteiger partial charge < -0.3 is 4.90 Å². The van der Waals surface area contributed by atoms with Gasteiger partial charge in [0, 0.05) is 32.1 Å². The topological polar surface area (TPSA) is 40.6 Å². The number of ketones is 1. The molecule has 0 bridgehead atoms. The first-order valence-electron chi connectivity index (χ1n) is 6.67. The summed E-state index contributed by atoms with van der Waals surface area (Å²) in [5, 5.41) is 0. The van der Waals surface area contributed by atoms with E-state index < -0.39 is 0 Å². The summed E-state index contributed by atoms with van der Waals surface area (Å²) in [7, 11) is 0. The van der Waals surface area contributed by atoms with Crippen LogP contribution in [0.2, 0.25) is 0 Å². The minimum atomic E-state index is 0.209. The highest BCUT2D eigenvalue weighted by Gasteiger charge is 2.29. The van der Waals surface area contributed by atoms with Gasteiger partial charge in [-0.25, -0.2) is 0 Å². The first kappa shape index (κ1) is 12.6. The van der Waals surface area contributed by atoms with Gasteiger partial charge in [0.05, 0.1) is 6.54 Å². The zero-order chi connectivity index (χ0) is 12.3. The van der Waals surface area contributed by atoms with Crippen LogP contribution in [0, 0.1) is 5.92 Å². The van der Waals surface area contributed by atoms with Crippen LogP contribution in [0.15, 0.2) is 0 Å². The lowest BCUT2D eigenvalue weighted by Crippen LogP contribution is -2.51. The van der Waals surface area contributed by atoms with Gasteiger partial charge in [0.2, 0.25) is 5.91 Å². The van der Waals surface area contributed by atoms with Crippen LogP contribution in [-0.4, -0.2) is 54.2 Å². The Morgan fingerprint density at radius 3 is 2.18 bits per heavy atom. The summed E-state index contributed by atoms with van der Waals surface area (Å²) in [6.45, 7) is 5.43. The van der Waals surface area contributed by atoms with Crippen LogP contribution in [0.1, 0.15) is 32.6 Å². The second-order valence-electron chi connectivity index (χ2n) is 5.28. The SMILES string of the molecule is CC(=O)CN1CCN(C(=O)C2CCCC2)CC1. The lowest BCUT2D eigenvalue weighted by Gasteiger charge is -2.35. The Balaban J connectivity index is 1.78. The molecule has 0 spiro atoms. The predicted molar refractivity (Wildman–Crippen MR) is 65.7 cm³/mol. The van der Waals surface area contributed by atoms with E-state index in [2.05, 4.69) is 4.90 Å². The molecule has 1 aliphatic heterocycles. The van der Waals surface area contributed by atoms with E-state index in [9.17, 15) is 9.59 Å². The zero-order valence-corrected chi connectivity index (χ0v) is 10.7. The van der Waals surface area contributed by atoms with E-state index in [1.807, 2.05) is 4.90 Å². The first-order valence-corrected chi connectivity index (χ1v) is 6.67. The Bertz CT molecular complexity index is 290. The molecule has 0 aromatic rings. The van der Waals surface area contributed by atoms with Crippen molar-refractivity contribution < 1.29 is 9.59 Å². The fourth-order valence-corrected chi connectivity index (χ4v) is 2.87. The van der Waals surface area contributed by atoms with Gasteiger partial charge in [-0.1, -0.05) is 12.8 Å². The summed E-state index contributed by atoms with van der Waals surface area (Å²) in [6, 6.07) is 0. The van der Waals surface area contributed by atoms with E-state index in [0.29, 0.717) is 12.5 Å². The number of carbonyl (C=O) groups excluding carboxylic acids is 2. The number of Topliss-reactive ketones (excluding diaryl/α,β-unsaturated/α-hetero) is 1. The quantitative estimate of drug-likeness (QED) is 0.734. The van der Waals surface area contributed by atoms with Crippen molar-refractivity contribution in [2.45, 2.75) is 32.6 Å². The molecule has 1 saturated carbocycles. The van der Waals surface area contributed by atoms with Crippen molar-refractivity contribution >= 4 is 11.7 Å². The molecule has 0 radical (unpaired) electrons. The van der Waals surface area contributed by atoms with Gasteiger partial charge in [0.25, 0.3) is 0 Å². The van der Waals surface area contributed by atoms with E-state index in [0.717, 1.165) is 39.0 Å². The minimum Gasteiger partial charge on any atom is -0.340 e. The van der Waals surface area contributed by atoms with Gasteiger partial charge in [0.15, 0.2) is 0 Å². The summed E-state index contributed by atoms with van der Waals surface area (Å²) >= 11 is 0. The summed E-state index contributed by atoms with van der Waals surface area (Å²) in [5.74, 6) is 0.847. The Kier molecular flexibility index (Phi) is 4.15. The average molecular weight is 238 g/mol. The van der Waals surface area contributed by atoms with Gasteiger partial charge in [-0.2, -0.15) is 0 Å². The molecule has 0 aromatic heterocycles. The molecule has 2 fully saturated rings. The van der Waals surface area contributed by atoms with E-state index >= 15 is 0 Å². The number of hydrogen-bond donors (Lipinski definition) is 0. The molecule has 1 heterocycles. The molecule has 0 unspecified atom stereocenters. The normalized spacial score (nSPS) is 23.0. The molecule has 1 amide bonds. The number of hydrogen-bond acceptors (Lipinski definition) is 3. The fourth-order valence-electron chi connectivity index (χ4n) is 2.87. The lowest BCUT2D eigenvalue weighted by atomic mass is 10.1. The van der Waals surface area contributed by atoms with Crippen molar-refractivity contribution in [1.29, 1.82) is 0 Å². The number of amides is 1. The third kappa shape index (κ3) is 3.28. The van der Waals surface area contributed by atoms with Crippen molar-refractivity contribution in [1.82, 2.24) is 9.80 Å². The Morgan fingerprint density at radius 1 is 1.06 bits per heavy atom. The van der Waals surface area contributed by atoms with Crippen LogP contribution < -0.4 is 0 Å². The summed E-state index contributed by atoms with van der Waals surface area (Å²) in [6.07, 6.45) is 4.57. The van der Waals surface area contributed by atoms with Gasteiger partial charge in [0.1, 0.15) is 5.78 Å². The molecule has 4 nitrogen and oxygen atoms in total. The second-order valence-corrected chi connectivity index (χ2v) is 5.28. The highest BCUT2D eigenvalue weighted by molar-refractivity contribution is 5.79. The van der Waals surface area contributed by atoms with E-state index in [1.165, 1.54) is 12.8 Å². The molecule has 1 saturated heterocycles. The molecule has 1 aliphatic carbocycles. The first-order chi connectivity index (χ1) is 8.16. The van der Waals surface area contributed by atoms with Gasteiger partial charge in [-0.3, -0.25) is 14.5 Å². The Labute approximate surface area is 103 Å². The van der Waals surface area contributed by atoms with Gasteiger partial charge >= 0.3 is 0 Å². The van der Waals surface area contributed by atoms with Gasteiger partial charge in [-0.15, -0.1) is 0 Å². The molecular weight excluding hydrogens is 216 g/mol. The van der Waals surface area contributed by atoms with Gasteiger partial charge in [-0.05, 0) is 19.8 Å². The number of rotatable bonds is 3. The molecule has 96 valence electrons. The maximum Gasteiger partial charge on any atom is 0.225 e. The standard InChI is InChI=1S/C13H22N2O2/c1-11(16)10-14-6-8-15(9-7-14)13(17)12-4-2-3-5-12/h12H,2-10H2,1H3. The molecule has 0 aromatic carbocycles. The van der Waals surface area contributed by atoms with Crippen LogP contribution in [-0.2, 0) is 9.59 Å². The largest absolute Gasteiger partial charge is 0.340 e. The summed E-state index contributed by atoms with van der Waals surface area (Å²) in [5.41, 5.74) is 0.